The molecule has 2 aromatic heterocycles. The van der Waals surface area contributed by atoms with Gasteiger partial charge in [-0.3, -0.25) is 14.0 Å². The summed E-state index contributed by atoms with van der Waals surface area (Å²) in [6, 6.07) is 6.40. The second kappa shape index (κ2) is 6.21. The number of thiazole rings is 1. The fraction of sp³-hybridized carbons (Fsp3) is 0.188. The minimum absolute atomic E-state index is 0.107. The number of benzene rings is 1. The Hall–Kier alpha value is -2.67. The van der Waals surface area contributed by atoms with Gasteiger partial charge in [0.05, 0.1) is 18.4 Å². The number of rotatable bonds is 5. The number of nitrogens with zero attached hydrogens (tertiary/aromatic N) is 2. The lowest BCUT2D eigenvalue weighted by molar-refractivity contribution is 0.111. The Balaban J connectivity index is 1.86. The molecule has 3 aromatic rings. The second-order valence-electron chi connectivity index (χ2n) is 4.89. The molecule has 0 unspecified atom stereocenters. The molecule has 23 heavy (non-hydrogen) atoms. The molecule has 6 nitrogen and oxygen atoms in total. The molecule has 0 fully saturated rings. The van der Waals surface area contributed by atoms with Gasteiger partial charge in [0.2, 0.25) is 0 Å². The zero-order valence-corrected chi connectivity index (χ0v) is 13.4. The fourth-order valence-corrected chi connectivity index (χ4v) is 3.09. The van der Waals surface area contributed by atoms with Crippen LogP contribution in [0.5, 0.6) is 11.5 Å². The molecule has 0 radical (unpaired) electrons. The van der Waals surface area contributed by atoms with Crippen molar-refractivity contribution in [1.82, 2.24) is 9.38 Å². The van der Waals surface area contributed by atoms with Crippen LogP contribution in [-0.4, -0.2) is 22.8 Å². The molecule has 0 spiro atoms. The van der Waals surface area contributed by atoms with E-state index in [4.69, 9.17) is 9.47 Å². The van der Waals surface area contributed by atoms with E-state index >= 15 is 0 Å². The predicted octanol–water partition coefficient (Wildman–Crippen LogP) is 2.46. The third-order valence-corrected chi connectivity index (χ3v) is 4.29. The van der Waals surface area contributed by atoms with Crippen molar-refractivity contribution in [2.45, 2.75) is 13.5 Å². The maximum absolute atomic E-state index is 12.1. The summed E-state index contributed by atoms with van der Waals surface area (Å²) in [5.74, 6) is 0.997. The summed E-state index contributed by atoms with van der Waals surface area (Å²) in [5, 5.41) is 1.88. The molecule has 118 valence electrons. The Morgan fingerprint density at radius 2 is 2.17 bits per heavy atom. The zero-order valence-electron chi connectivity index (χ0n) is 12.6. The fourth-order valence-electron chi connectivity index (χ4n) is 2.20. The summed E-state index contributed by atoms with van der Waals surface area (Å²) in [4.78, 5) is 28.3. The topological polar surface area (TPSA) is 69.9 Å². The van der Waals surface area contributed by atoms with E-state index in [0.717, 1.165) is 5.69 Å². The summed E-state index contributed by atoms with van der Waals surface area (Å²) in [6.07, 6.45) is 0.700. The minimum atomic E-state index is -0.141. The molecule has 2 heterocycles. The van der Waals surface area contributed by atoms with Crippen LogP contribution in [0, 0.1) is 6.92 Å². The number of ether oxygens (including phenoxy) is 2. The Kier molecular flexibility index (Phi) is 4.12. The molecule has 0 N–H and O–H groups in total. The van der Waals surface area contributed by atoms with Gasteiger partial charge < -0.3 is 9.47 Å². The molecule has 0 saturated carbocycles. The van der Waals surface area contributed by atoms with Gasteiger partial charge in [-0.2, -0.15) is 0 Å². The van der Waals surface area contributed by atoms with Crippen LogP contribution in [0.4, 0.5) is 0 Å². The summed E-state index contributed by atoms with van der Waals surface area (Å²) in [7, 11) is 1.53. The van der Waals surface area contributed by atoms with E-state index in [1.54, 1.807) is 22.6 Å². The van der Waals surface area contributed by atoms with Gasteiger partial charge in [-0.1, -0.05) is 0 Å². The lowest BCUT2D eigenvalue weighted by Crippen LogP contribution is -2.16. The second-order valence-corrected chi connectivity index (χ2v) is 5.73. The molecule has 1 aromatic carbocycles. The zero-order chi connectivity index (χ0) is 16.4. The molecule has 3 rings (SSSR count). The molecular weight excluding hydrogens is 316 g/mol. The lowest BCUT2D eigenvalue weighted by Gasteiger charge is -2.09. The summed E-state index contributed by atoms with van der Waals surface area (Å²) in [5.41, 5.74) is 1.62. The van der Waals surface area contributed by atoms with Gasteiger partial charge >= 0.3 is 0 Å². The highest BCUT2D eigenvalue weighted by Crippen LogP contribution is 2.23. The van der Waals surface area contributed by atoms with Gasteiger partial charge in [0, 0.05) is 17.1 Å². The SMILES string of the molecule is COc1ccc(OCc2cc(=O)n3c(C)csc3n2)c(C=O)c1. The number of hydrogen-bond acceptors (Lipinski definition) is 6. The normalized spacial score (nSPS) is 10.7. The van der Waals surface area contributed by atoms with Crippen molar-refractivity contribution >= 4 is 22.6 Å². The van der Waals surface area contributed by atoms with Crippen LogP contribution in [0.1, 0.15) is 21.7 Å². The number of carbonyl (C=O) groups is 1. The summed E-state index contributed by atoms with van der Waals surface area (Å²) >= 11 is 1.40. The van der Waals surface area contributed by atoms with Crippen molar-refractivity contribution in [2.75, 3.05) is 7.11 Å². The first-order valence-electron chi connectivity index (χ1n) is 6.85. The average molecular weight is 330 g/mol. The van der Waals surface area contributed by atoms with Gasteiger partial charge in [0.1, 0.15) is 18.1 Å². The minimum Gasteiger partial charge on any atom is -0.497 e. The van der Waals surface area contributed by atoms with Crippen LogP contribution in [-0.2, 0) is 6.61 Å². The summed E-state index contributed by atoms with van der Waals surface area (Å²) < 4.78 is 12.3. The third kappa shape index (κ3) is 2.95. The van der Waals surface area contributed by atoms with E-state index in [1.807, 2.05) is 12.3 Å². The third-order valence-electron chi connectivity index (χ3n) is 3.35. The van der Waals surface area contributed by atoms with Crippen LogP contribution in [0.25, 0.3) is 4.96 Å². The van der Waals surface area contributed by atoms with E-state index in [0.29, 0.717) is 34.0 Å². The molecule has 0 aliphatic rings. The van der Waals surface area contributed by atoms with Crippen molar-refractivity contribution < 1.29 is 14.3 Å². The van der Waals surface area contributed by atoms with E-state index in [2.05, 4.69) is 4.98 Å². The van der Waals surface area contributed by atoms with Gasteiger partial charge in [-0.05, 0) is 25.1 Å². The van der Waals surface area contributed by atoms with Crippen molar-refractivity contribution in [2.24, 2.45) is 0 Å². The van der Waals surface area contributed by atoms with Crippen molar-refractivity contribution in [3.8, 4) is 11.5 Å². The maximum atomic E-state index is 12.1. The maximum Gasteiger partial charge on any atom is 0.259 e. The van der Waals surface area contributed by atoms with Crippen LogP contribution in [0.15, 0.2) is 34.4 Å². The monoisotopic (exact) mass is 330 g/mol. The van der Waals surface area contributed by atoms with E-state index in [9.17, 15) is 9.59 Å². The lowest BCUT2D eigenvalue weighted by atomic mass is 10.2. The van der Waals surface area contributed by atoms with E-state index in [-0.39, 0.29) is 12.2 Å². The van der Waals surface area contributed by atoms with Crippen molar-refractivity contribution in [1.29, 1.82) is 0 Å². The van der Waals surface area contributed by atoms with Crippen molar-refractivity contribution in [3.63, 3.8) is 0 Å². The molecule has 0 aliphatic carbocycles. The first kappa shape index (κ1) is 15.2. The molecule has 0 saturated heterocycles. The molecular formula is C16H14N2O4S. The number of aryl methyl sites for hydroxylation is 1. The Morgan fingerprint density at radius 3 is 2.91 bits per heavy atom. The van der Waals surface area contributed by atoms with E-state index < -0.39 is 0 Å². The van der Waals surface area contributed by atoms with Crippen molar-refractivity contribution in [3.05, 3.63) is 57.0 Å². The largest absolute Gasteiger partial charge is 0.497 e. The smallest absolute Gasteiger partial charge is 0.259 e. The standard InChI is InChI=1S/C16H14N2O4S/c1-10-9-23-16-17-12(6-15(20)18(10)16)8-22-14-4-3-13(21-2)5-11(14)7-19/h3-7,9H,8H2,1-2H3. The highest BCUT2D eigenvalue weighted by Gasteiger charge is 2.09. The van der Waals surface area contributed by atoms with Gasteiger partial charge in [0.25, 0.3) is 5.56 Å². The quantitative estimate of drug-likeness (QED) is 0.672. The van der Waals surface area contributed by atoms with Gasteiger partial charge in [-0.25, -0.2) is 4.98 Å². The number of carbonyl (C=O) groups excluding carboxylic acids is 1. The number of fused-ring (bicyclic) bond motifs is 1. The number of aldehydes is 1. The van der Waals surface area contributed by atoms with Crippen LogP contribution in [0.2, 0.25) is 0 Å². The molecule has 7 heteroatoms. The number of aromatic nitrogens is 2. The van der Waals surface area contributed by atoms with Gasteiger partial charge in [0.15, 0.2) is 11.2 Å². The van der Waals surface area contributed by atoms with Gasteiger partial charge in [-0.15, -0.1) is 11.3 Å². The predicted molar refractivity (Wildman–Crippen MR) is 86.8 cm³/mol. The van der Waals surface area contributed by atoms with Crippen LogP contribution >= 0.6 is 11.3 Å². The summed E-state index contributed by atoms with van der Waals surface area (Å²) in [6.45, 7) is 1.96. The highest BCUT2D eigenvalue weighted by molar-refractivity contribution is 7.15. The Bertz CT molecular complexity index is 929. The molecule has 0 atom stereocenters. The van der Waals surface area contributed by atoms with Crippen LogP contribution < -0.4 is 15.0 Å². The number of hydrogen-bond donors (Lipinski definition) is 0. The average Bonchev–Trinajstić information content (AvgIpc) is 2.94. The molecule has 0 amide bonds. The van der Waals surface area contributed by atoms with E-state index in [1.165, 1.54) is 24.5 Å². The molecule has 0 aliphatic heterocycles. The highest BCUT2D eigenvalue weighted by atomic mass is 32.1. The Labute approximate surface area is 135 Å². The number of methoxy groups -OCH3 is 1. The first-order valence-corrected chi connectivity index (χ1v) is 7.73. The molecule has 0 bridgehead atoms. The first-order chi connectivity index (χ1) is 11.1. The Morgan fingerprint density at radius 1 is 1.35 bits per heavy atom. The van der Waals surface area contributed by atoms with Crippen LogP contribution in [0.3, 0.4) is 0 Å².